The number of carboxylic acid groups (broad SMARTS) is 1. The van der Waals surface area contributed by atoms with Crippen LogP contribution in [-0.2, 0) is 11.3 Å². The highest BCUT2D eigenvalue weighted by molar-refractivity contribution is 5.95. The van der Waals surface area contributed by atoms with Crippen LogP contribution in [0.2, 0.25) is 0 Å². The Labute approximate surface area is 121 Å². The molecule has 0 bridgehead atoms. The maximum atomic E-state index is 12.1. The fourth-order valence-corrected chi connectivity index (χ4v) is 1.89. The number of benzene rings is 1. The molecular weight excluding hydrogens is 272 g/mol. The maximum absolute atomic E-state index is 12.1. The number of aromatic nitrogens is 2. The van der Waals surface area contributed by atoms with Gasteiger partial charge in [-0.25, -0.2) is 9.78 Å². The van der Waals surface area contributed by atoms with Crippen molar-refractivity contribution in [1.82, 2.24) is 14.9 Å². The van der Waals surface area contributed by atoms with E-state index < -0.39 is 17.9 Å². The molecule has 0 saturated heterocycles. The number of nitrogens with two attached hydrogens (primary N) is 1. The van der Waals surface area contributed by atoms with Crippen LogP contribution in [0.1, 0.15) is 22.1 Å². The van der Waals surface area contributed by atoms with Crippen molar-refractivity contribution in [2.75, 3.05) is 6.54 Å². The first-order valence-corrected chi connectivity index (χ1v) is 6.42. The Kier molecular flexibility index (Phi) is 4.68. The zero-order chi connectivity index (χ0) is 15.2. The van der Waals surface area contributed by atoms with E-state index in [0.29, 0.717) is 18.7 Å². The van der Waals surface area contributed by atoms with Gasteiger partial charge in [-0.2, -0.15) is 0 Å². The van der Waals surface area contributed by atoms with Crippen molar-refractivity contribution < 1.29 is 14.7 Å². The molecule has 1 heterocycles. The number of carbonyl (C=O) groups excluding carboxylic acids is 1. The number of imidazole rings is 1. The highest BCUT2D eigenvalue weighted by Gasteiger charge is 2.23. The van der Waals surface area contributed by atoms with E-state index in [1.807, 2.05) is 0 Å². The van der Waals surface area contributed by atoms with Gasteiger partial charge in [0.2, 0.25) is 0 Å². The molecule has 2 rings (SSSR count). The second-order valence-electron chi connectivity index (χ2n) is 4.44. The summed E-state index contributed by atoms with van der Waals surface area (Å²) < 4.78 is 1.67. The second-order valence-corrected chi connectivity index (χ2v) is 4.44. The van der Waals surface area contributed by atoms with Gasteiger partial charge < -0.3 is 20.7 Å². The minimum atomic E-state index is -1.13. The number of hydrogen-bond donors (Lipinski definition) is 3. The topological polar surface area (TPSA) is 110 Å². The average molecular weight is 288 g/mol. The number of aliphatic carboxylic acids is 1. The predicted molar refractivity (Wildman–Crippen MR) is 75.6 cm³/mol. The molecule has 0 spiro atoms. The molecule has 0 aliphatic heterocycles. The first kappa shape index (κ1) is 14.7. The molecule has 21 heavy (non-hydrogen) atoms. The van der Waals surface area contributed by atoms with Crippen LogP contribution in [0.3, 0.4) is 0 Å². The predicted octanol–water partition coefficient (Wildman–Crippen LogP) is 0.398. The molecule has 0 radical (unpaired) electrons. The van der Waals surface area contributed by atoms with Gasteiger partial charge >= 0.3 is 5.97 Å². The van der Waals surface area contributed by atoms with E-state index in [1.165, 1.54) is 12.5 Å². The van der Waals surface area contributed by atoms with Crippen LogP contribution >= 0.6 is 0 Å². The fourth-order valence-electron chi connectivity index (χ4n) is 1.89. The lowest BCUT2D eigenvalue weighted by Crippen LogP contribution is -2.33. The van der Waals surface area contributed by atoms with Gasteiger partial charge in [0.1, 0.15) is 5.69 Å². The third-order valence-electron chi connectivity index (χ3n) is 2.91. The number of amides is 1. The van der Waals surface area contributed by atoms with Gasteiger partial charge in [0, 0.05) is 19.3 Å². The molecular formula is C14H16N4O3. The zero-order valence-electron chi connectivity index (χ0n) is 11.3. The lowest BCUT2D eigenvalue weighted by Gasteiger charge is -2.13. The van der Waals surface area contributed by atoms with Gasteiger partial charge in [0.15, 0.2) is 6.04 Å². The molecule has 0 aliphatic carbocycles. The zero-order valence-corrected chi connectivity index (χ0v) is 11.3. The molecule has 1 atom stereocenters. The number of nitrogens with one attached hydrogen (secondary N) is 1. The van der Waals surface area contributed by atoms with E-state index >= 15 is 0 Å². The molecule has 1 aromatic carbocycles. The van der Waals surface area contributed by atoms with Crippen LogP contribution in [0, 0.1) is 0 Å². The van der Waals surface area contributed by atoms with Crippen molar-refractivity contribution in [3.8, 4) is 0 Å². The van der Waals surface area contributed by atoms with E-state index in [2.05, 4.69) is 10.3 Å². The smallest absolute Gasteiger partial charge is 0.330 e. The van der Waals surface area contributed by atoms with Gasteiger partial charge in [-0.1, -0.05) is 30.3 Å². The first-order valence-electron chi connectivity index (χ1n) is 6.42. The Balaban J connectivity index is 2.13. The Morgan fingerprint density at radius 1 is 1.33 bits per heavy atom. The summed E-state index contributed by atoms with van der Waals surface area (Å²) in [7, 11) is 0. The Hall–Kier alpha value is -2.67. The number of carbonyl (C=O) groups is 2. The molecule has 7 nitrogen and oxygen atoms in total. The summed E-state index contributed by atoms with van der Waals surface area (Å²) in [5.74, 6) is -1.67. The average Bonchev–Trinajstić information content (AvgIpc) is 2.94. The molecule has 2 aromatic rings. The van der Waals surface area contributed by atoms with Gasteiger partial charge in [0.25, 0.3) is 5.91 Å². The van der Waals surface area contributed by atoms with Crippen molar-refractivity contribution in [3.63, 3.8) is 0 Å². The molecule has 0 saturated carbocycles. The lowest BCUT2D eigenvalue weighted by molar-refractivity contribution is -0.139. The van der Waals surface area contributed by atoms with E-state index in [-0.39, 0.29) is 5.69 Å². The van der Waals surface area contributed by atoms with Crippen LogP contribution in [0.15, 0.2) is 42.9 Å². The third kappa shape index (κ3) is 3.67. The van der Waals surface area contributed by atoms with E-state index in [0.717, 1.165) is 0 Å². The summed E-state index contributed by atoms with van der Waals surface area (Å²) in [4.78, 5) is 27.3. The minimum Gasteiger partial charge on any atom is -0.479 e. The number of nitrogens with zero attached hydrogens (tertiary/aromatic N) is 2. The van der Waals surface area contributed by atoms with Crippen LogP contribution in [-0.4, -0.2) is 33.1 Å². The number of hydrogen-bond acceptors (Lipinski definition) is 4. The van der Waals surface area contributed by atoms with E-state index in [9.17, 15) is 14.7 Å². The summed E-state index contributed by atoms with van der Waals surface area (Å²) in [5, 5.41) is 11.7. The van der Waals surface area contributed by atoms with Crippen LogP contribution < -0.4 is 11.1 Å². The molecule has 1 amide bonds. The summed E-state index contributed by atoms with van der Waals surface area (Å²) in [6, 6.07) is 7.39. The highest BCUT2D eigenvalue weighted by atomic mass is 16.4. The van der Waals surface area contributed by atoms with Crippen LogP contribution in [0.25, 0.3) is 0 Å². The number of carboxylic acids is 1. The molecule has 0 aliphatic rings. The Morgan fingerprint density at radius 3 is 2.67 bits per heavy atom. The monoisotopic (exact) mass is 288 g/mol. The minimum absolute atomic E-state index is 0.158. The van der Waals surface area contributed by atoms with Crippen molar-refractivity contribution in [3.05, 3.63) is 54.1 Å². The summed E-state index contributed by atoms with van der Waals surface area (Å²) in [5.41, 5.74) is 6.07. The lowest BCUT2D eigenvalue weighted by atomic mass is 10.1. The van der Waals surface area contributed by atoms with Crippen LogP contribution in [0.4, 0.5) is 0 Å². The molecule has 0 unspecified atom stereocenters. The third-order valence-corrected chi connectivity index (χ3v) is 2.91. The first-order chi connectivity index (χ1) is 10.1. The van der Waals surface area contributed by atoms with Gasteiger partial charge in [0.05, 0.1) is 6.33 Å². The molecule has 0 fully saturated rings. The molecule has 1 aromatic heterocycles. The second kappa shape index (κ2) is 6.67. The largest absolute Gasteiger partial charge is 0.479 e. The van der Waals surface area contributed by atoms with Gasteiger partial charge in [-0.15, -0.1) is 0 Å². The van der Waals surface area contributed by atoms with E-state index in [1.54, 1.807) is 34.9 Å². The van der Waals surface area contributed by atoms with Crippen molar-refractivity contribution in [2.45, 2.75) is 12.6 Å². The van der Waals surface area contributed by atoms with Crippen molar-refractivity contribution in [2.24, 2.45) is 5.73 Å². The quantitative estimate of drug-likeness (QED) is 0.712. The highest BCUT2D eigenvalue weighted by Crippen LogP contribution is 2.13. The number of rotatable bonds is 6. The molecule has 110 valence electrons. The van der Waals surface area contributed by atoms with Crippen LogP contribution in [0.5, 0.6) is 0 Å². The molecule has 7 heteroatoms. The normalized spacial score (nSPS) is 11.9. The van der Waals surface area contributed by atoms with Gasteiger partial charge in [-0.3, -0.25) is 4.79 Å². The Bertz CT molecular complexity index is 624. The van der Waals surface area contributed by atoms with E-state index in [4.69, 9.17) is 5.73 Å². The van der Waals surface area contributed by atoms with Crippen molar-refractivity contribution >= 4 is 11.9 Å². The summed E-state index contributed by atoms with van der Waals surface area (Å²) >= 11 is 0. The SMILES string of the molecule is NCCn1cnc(C(=O)N[C@@H](C(=O)O)c2ccccc2)c1. The standard InChI is InChI=1S/C14H16N4O3/c15-6-7-18-8-11(16-9-18)13(19)17-12(14(20)21)10-4-2-1-3-5-10/h1-5,8-9,12H,6-7,15H2,(H,17,19)(H,20,21)/t12-/m1/s1. The van der Waals surface area contributed by atoms with Gasteiger partial charge in [-0.05, 0) is 5.56 Å². The maximum Gasteiger partial charge on any atom is 0.330 e. The fraction of sp³-hybridized carbons (Fsp3) is 0.214. The van der Waals surface area contributed by atoms with Crippen molar-refractivity contribution in [1.29, 1.82) is 0 Å². The Morgan fingerprint density at radius 2 is 2.05 bits per heavy atom. The summed E-state index contributed by atoms with van der Waals surface area (Å²) in [6.45, 7) is 0.973. The molecule has 4 N–H and O–H groups in total. The summed E-state index contributed by atoms with van der Waals surface area (Å²) in [6.07, 6.45) is 3.02.